The van der Waals surface area contributed by atoms with Crippen LogP contribution in [0.1, 0.15) is 6.92 Å². The van der Waals surface area contributed by atoms with Crippen molar-refractivity contribution in [3.8, 4) is 0 Å². The lowest BCUT2D eigenvalue weighted by Crippen LogP contribution is -2.31. The van der Waals surface area contributed by atoms with E-state index < -0.39 is 15.8 Å². The number of hydrogen-bond donors (Lipinski definition) is 1. The van der Waals surface area contributed by atoms with Gasteiger partial charge in [0.1, 0.15) is 16.5 Å². The third kappa shape index (κ3) is 2.57. The molecule has 1 heterocycles. The molecule has 0 unspecified atom stereocenters. The van der Waals surface area contributed by atoms with E-state index in [4.69, 9.17) is 5.73 Å². The lowest BCUT2D eigenvalue weighted by molar-refractivity contribution is 0.591. The lowest BCUT2D eigenvalue weighted by Gasteiger charge is -2.23. The largest absolute Gasteiger partial charge is 0.383 e. The Morgan fingerprint density at radius 3 is 2.45 bits per heavy atom. The van der Waals surface area contributed by atoms with Crippen LogP contribution < -0.4 is 10.0 Å². The number of aromatic nitrogens is 1. The number of hydrogen-bond acceptors (Lipinski definition) is 4. The molecule has 0 amide bonds. The average molecular weight is 295 g/mol. The molecule has 0 radical (unpaired) electrons. The third-order valence-electron chi connectivity index (χ3n) is 2.77. The molecule has 2 aromatic rings. The molecule has 106 valence electrons. The maximum Gasteiger partial charge on any atom is 0.267 e. The van der Waals surface area contributed by atoms with Crippen LogP contribution in [0.5, 0.6) is 0 Å². The number of rotatable bonds is 4. The second-order valence-corrected chi connectivity index (χ2v) is 5.86. The van der Waals surface area contributed by atoms with E-state index in [1.54, 1.807) is 6.92 Å². The summed E-state index contributed by atoms with van der Waals surface area (Å²) in [5, 5.41) is 0. The lowest BCUT2D eigenvalue weighted by atomic mass is 10.3. The van der Waals surface area contributed by atoms with E-state index in [0.29, 0.717) is 5.69 Å². The van der Waals surface area contributed by atoms with Crippen molar-refractivity contribution in [3.05, 3.63) is 48.4 Å². The van der Waals surface area contributed by atoms with Crippen molar-refractivity contribution >= 4 is 21.5 Å². The van der Waals surface area contributed by atoms with Crippen LogP contribution in [0, 0.1) is 5.82 Å². The number of benzene rings is 1. The molecule has 0 bridgehead atoms. The molecule has 0 aliphatic carbocycles. The number of pyridine rings is 1. The van der Waals surface area contributed by atoms with Gasteiger partial charge in [0.2, 0.25) is 0 Å². The summed E-state index contributed by atoms with van der Waals surface area (Å²) in [5.74, 6) is -0.490. The molecule has 2 rings (SSSR count). The second-order valence-electron chi connectivity index (χ2n) is 4.03. The molecule has 0 aliphatic rings. The summed E-state index contributed by atoms with van der Waals surface area (Å²) in [6, 6.07) is 8.12. The van der Waals surface area contributed by atoms with Crippen molar-refractivity contribution in [2.24, 2.45) is 0 Å². The highest BCUT2D eigenvalue weighted by Crippen LogP contribution is 2.25. The van der Waals surface area contributed by atoms with Gasteiger partial charge in [-0.2, -0.15) is 0 Å². The summed E-state index contributed by atoms with van der Waals surface area (Å²) in [6.07, 6.45) is 1.42. The van der Waals surface area contributed by atoms with Gasteiger partial charge in [-0.05, 0) is 43.3 Å². The fourth-order valence-electron chi connectivity index (χ4n) is 1.84. The quantitative estimate of drug-likeness (QED) is 0.936. The van der Waals surface area contributed by atoms with Gasteiger partial charge < -0.3 is 5.73 Å². The van der Waals surface area contributed by atoms with Gasteiger partial charge in [0.05, 0.1) is 5.69 Å². The zero-order chi connectivity index (χ0) is 14.8. The Labute approximate surface area is 116 Å². The number of nitrogens with zero attached hydrogens (tertiary/aromatic N) is 2. The zero-order valence-corrected chi connectivity index (χ0v) is 11.6. The summed E-state index contributed by atoms with van der Waals surface area (Å²) in [5.41, 5.74) is 6.00. The van der Waals surface area contributed by atoms with Crippen LogP contribution in [0.4, 0.5) is 15.9 Å². The van der Waals surface area contributed by atoms with Crippen LogP contribution in [0.3, 0.4) is 0 Å². The first-order chi connectivity index (χ1) is 9.46. The monoisotopic (exact) mass is 295 g/mol. The molecule has 1 aromatic carbocycles. The molecule has 5 nitrogen and oxygen atoms in total. The number of nitrogens with two attached hydrogens (primary N) is 1. The van der Waals surface area contributed by atoms with E-state index in [1.165, 1.54) is 42.6 Å². The Bertz CT molecular complexity index is 702. The van der Waals surface area contributed by atoms with E-state index >= 15 is 0 Å². The molecular formula is C13H14FN3O2S. The molecule has 2 N–H and O–H groups in total. The molecule has 0 aliphatic heterocycles. The topological polar surface area (TPSA) is 76.3 Å². The molecule has 0 fully saturated rings. The van der Waals surface area contributed by atoms with Crippen molar-refractivity contribution < 1.29 is 12.8 Å². The van der Waals surface area contributed by atoms with Crippen LogP contribution in [-0.2, 0) is 10.0 Å². The standard InChI is InChI=1S/C13H14FN3O2S/c1-2-17(11-7-5-10(14)6-8-11)20(18,19)12-4-3-9-16-13(12)15/h3-9H,2H2,1H3,(H2,15,16). The van der Waals surface area contributed by atoms with Gasteiger partial charge in [-0.25, -0.2) is 17.8 Å². The number of halogens is 1. The molecule has 7 heteroatoms. The summed E-state index contributed by atoms with van der Waals surface area (Å²) in [6.45, 7) is 1.88. The van der Waals surface area contributed by atoms with Crippen LogP contribution in [0.15, 0.2) is 47.5 Å². The Kier molecular flexibility index (Phi) is 3.89. The maximum absolute atomic E-state index is 12.9. The molecule has 0 atom stereocenters. The fraction of sp³-hybridized carbons (Fsp3) is 0.154. The van der Waals surface area contributed by atoms with E-state index in [0.717, 1.165) is 4.31 Å². The molecular weight excluding hydrogens is 281 g/mol. The number of nitrogen functional groups attached to an aromatic ring is 1. The summed E-state index contributed by atoms with van der Waals surface area (Å²) < 4.78 is 39.3. The van der Waals surface area contributed by atoms with Crippen LogP contribution >= 0.6 is 0 Å². The minimum atomic E-state index is -3.82. The minimum Gasteiger partial charge on any atom is -0.383 e. The maximum atomic E-state index is 12.9. The van der Waals surface area contributed by atoms with Gasteiger partial charge in [-0.15, -0.1) is 0 Å². The van der Waals surface area contributed by atoms with Crippen LogP contribution in [-0.4, -0.2) is 19.9 Å². The van der Waals surface area contributed by atoms with E-state index in [-0.39, 0.29) is 17.3 Å². The summed E-state index contributed by atoms with van der Waals surface area (Å²) in [7, 11) is -3.82. The van der Waals surface area contributed by atoms with Gasteiger partial charge in [0.25, 0.3) is 10.0 Å². The van der Waals surface area contributed by atoms with E-state index in [1.807, 2.05) is 0 Å². The highest BCUT2D eigenvalue weighted by molar-refractivity contribution is 7.93. The Hall–Kier alpha value is -2.15. The molecule has 1 aromatic heterocycles. The number of anilines is 2. The SMILES string of the molecule is CCN(c1ccc(F)cc1)S(=O)(=O)c1cccnc1N. The average Bonchev–Trinajstić information content (AvgIpc) is 2.42. The highest BCUT2D eigenvalue weighted by Gasteiger charge is 2.26. The van der Waals surface area contributed by atoms with Crippen molar-refractivity contribution in [2.75, 3.05) is 16.6 Å². The third-order valence-corrected chi connectivity index (χ3v) is 4.72. The Morgan fingerprint density at radius 2 is 1.90 bits per heavy atom. The zero-order valence-electron chi connectivity index (χ0n) is 10.8. The molecule has 0 spiro atoms. The van der Waals surface area contributed by atoms with Crippen molar-refractivity contribution in [3.63, 3.8) is 0 Å². The normalized spacial score (nSPS) is 11.3. The highest BCUT2D eigenvalue weighted by atomic mass is 32.2. The first-order valence-electron chi connectivity index (χ1n) is 5.95. The van der Waals surface area contributed by atoms with Crippen molar-refractivity contribution in [1.29, 1.82) is 0 Å². The Morgan fingerprint density at radius 1 is 1.25 bits per heavy atom. The van der Waals surface area contributed by atoms with Crippen molar-refractivity contribution in [1.82, 2.24) is 4.98 Å². The van der Waals surface area contributed by atoms with Gasteiger partial charge in [0.15, 0.2) is 0 Å². The van der Waals surface area contributed by atoms with Gasteiger partial charge in [-0.1, -0.05) is 0 Å². The van der Waals surface area contributed by atoms with Crippen LogP contribution in [0.2, 0.25) is 0 Å². The van der Waals surface area contributed by atoms with Gasteiger partial charge in [0, 0.05) is 12.7 Å². The number of sulfonamides is 1. The second kappa shape index (κ2) is 5.46. The predicted molar refractivity (Wildman–Crippen MR) is 75.3 cm³/mol. The summed E-state index contributed by atoms with van der Waals surface area (Å²) >= 11 is 0. The molecule has 20 heavy (non-hydrogen) atoms. The van der Waals surface area contributed by atoms with Gasteiger partial charge in [-0.3, -0.25) is 4.31 Å². The molecule has 0 saturated heterocycles. The summed E-state index contributed by atoms with van der Waals surface area (Å²) in [4.78, 5) is 3.72. The first kappa shape index (κ1) is 14.3. The van der Waals surface area contributed by atoms with E-state index in [9.17, 15) is 12.8 Å². The van der Waals surface area contributed by atoms with Crippen LogP contribution in [0.25, 0.3) is 0 Å². The first-order valence-corrected chi connectivity index (χ1v) is 7.39. The molecule has 0 saturated carbocycles. The van der Waals surface area contributed by atoms with Gasteiger partial charge >= 0.3 is 0 Å². The van der Waals surface area contributed by atoms with E-state index in [2.05, 4.69) is 4.98 Å². The van der Waals surface area contributed by atoms with Crippen molar-refractivity contribution in [2.45, 2.75) is 11.8 Å². The fourth-order valence-corrected chi connectivity index (χ4v) is 3.38. The smallest absolute Gasteiger partial charge is 0.267 e. The predicted octanol–water partition coefficient (Wildman–Crippen LogP) is 2.02. The Balaban J connectivity index is 2.51. The minimum absolute atomic E-state index is 0.0620.